The number of aromatic carboxylic acids is 1. The van der Waals surface area contributed by atoms with Crippen molar-refractivity contribution in [3.8, 4) is 17.1 Å². The molecule has 4 aromatic carbocycles. The fourth-order valence-corrected chi connectivity index (χ4v) is 4.74. The van der Waals surface area contributed by atoms with Crippen molar-refractivity contribution < 1.29 is 27.8 Å². The zero-order chi connectivity index (χ0) is 29.1. The molecule has 1 aromatic heterocycles. The van der Waals surface area contributed by atoms with E-state index >= 15 is 0 Å². The van der Waals surface area contributed by atoms with Crippen LogP contribution in [0.1, 0.15) is 27.0 Å². The summed E-state index contributed by atoms with van der Waals surface area (Å²) in [6.07, 6.45) is -3.15. The molecule has 0 radical (unpaired) electrons. The minimum Gasteiger partial charge on any atom is -0.488 e. The standard InChI is InChI=1S/C30H19F3IN3O4/c31-30(32,33)22-8-4-6-20(15-22)27-36-25-10-2-1-9-23(25)28(38)37(27)35-16-18-11-12-26(24(34)14-18)41-17-19-5-3-7-21(13-19)29(39)40/h1-16H,17H2,(H,39,40). The smallest absolute Gasteiger partial charge is 0.416 e. The van der Waals surface area contributed by atoms with Crippen molar-refractivity contribution in [3.05, 3.63) is 127 Å². The molecule has 41 heavy (non-hydrogen) atoms. The molecule has 0 saturated heterocycles. The van der Waals surface area contributed by atoms with Gasteiger partial charge in [0.1, 0.15) is 12.4 Å². The number of hydrogen-bond acceptors (Lipinski definition) is 5. The number of carboxylic acid groups (broad SMARTS) is 1. The largest absolute Gasteiger partial charge is 0.488 e. The number of carbonyl (C=O) groups is 1. The number of para-hydroxylation sites is 1. The first kappa shape index (κ1) is 28.0. The second kappa shape index (κ2) is 11.5. The molecule has 0 aliphatic heterocycles. The van der Waals surface area contributed by atoms with E-state index in [2.05, 4.69) is 32.7 Å². The van der Waals surface area contributed by atoms with E-state index in [1.165, 1.54) is 30.5 Å². The third-order valence-corrected chi connectivity index (χ3v) is 6.89. The Morgan fingerprint density at radius 2 is 1.78 bits per heavy atom. The van der Waals surface area contributed by atoms with Crippen LogP contribution in [0.5, 0.6) is 5.75 Å². The Labute approximate surface area is 244 Å². The van der Waals surface area contributed by atoms with Crippen LogP contribution in [0.2, 0.25) is 0 Å². The molecular weight excluding hydrogens is 650 g/mol. The summed E-state index contributed by atoms with van der Waals surface area (Å²) in [5, 5.41) is 13.8. The van der Waals surface area contributed by atoms with E-state index in [4.69, 9.17) is 4.74 Å². The number of halogens is 4. The number of nitrogens with zero attached hydrogens (tertiary/aromatic N) is 3. The van der Waals surface area contributed by atoms with Gasteiger partial charge < -0.3 is 9.84 Å². The van der Waals surface area contributed by atoms with E-state index in [-0.39, 0.29) is 28.9 Å². The van der Waals surface area contributed by atoms with Crippen LogP contribution in [0.15, 0.2) is 101 Å². The zero-order valence-corrected chi connectivity index (χ0v) is 23.1. The first-order chi connectivity index (χ1) is 19.6. The van der Waals surface area contributed by atoms with Gasteiger partial charge in [0.15, 0.2) is 5.82 Å². The van der Waals surface area contributed by atoms with Crippen LogP contribution in [0, 0.1) is 3.57 Å². The third kappa shape index (κ3) is 6.30. The third-order valence-electron chi connectivity index (χ3n) is 6.05. The fraction of sp³-hybridized carbons (Fsp3) is 0.0667. The van der Waals surface area contributed by atoms with Crippen LogP contribution < -0.4 is 10.3 Å². The Kier molecular flexibility index (Phi) is 7.88. The van der Waals surface area contributed by atoms with Gasteiger partial charge in [0, 0.05) is 5.56 Å². The number of alkyl halides is 3. The average molecular weight is 669 g/mol. The van der Waals surface area contributed by atoms with Crippen LogP contribution in [-0.4, -0.2) is 27.0 Å². The van der Waals surface area contributed by atoms with Gasteiger partial charge in [0.25, 0.3) is 5.56 Å². The molecule has 11 heteroatoms. The number of carboxylic acids is 1. The fourth-order valence-electron chi connectivity index (χ4n) is 4.05. The van der Waals surface area contributed by atoms with Crippen molar-refractivity contribution in [1.29, 1.82) is 0 Å². The van der Waals surface area contributed by atoms with Gasteiger partial charge in [-0.25, -0.2) is 9.78 Å². The quantitative estimate of drug-likeness (QED) is 0.151. The predicted octanol–water partition coefficient (Wildman–Crippen LogP) is 6.85. The van der Waals surface area contributed by atoms with Crippen LogP contribution in [-0.2, 0) is 12.8 Å². The van der Waals surface area contributed by atoms with Crippen LogP contribution in [0.4, 0.5) is 13.2 Å². The highest BCUT2D eigenvalue weighted by Gasteiger charge is 2.31. The average Bonchev–Trinajstić information content (AvgIpc) is 2.96. The van der Waals surface area contributed by atoms with Crippen molar-refractivity contribution in [1.82, 2.24) is 9.66 Å². The van der Waals surface area contributed by atoms with Crippen molar-refractivity contribution in [2.45, 2.75) is 12.8 Å². The Morgan fingerprint density at radius 1 is 1.00 bits per heavy atom. The monoisotopic (exact) mass is 669 g/mol. The van der Waals surface area contributed by atoms with Crippen molar-refractivity contribution in [3.63, 3.8) is 0 Å². The van der Waals surface area contributed by atoms with E-state index < -0.39 is 23.3 Å². The van der Waals surface area contributed by atoms with Gasteiger partial charge in [-0.1, -0.05) is 36.4 Å². The summed E-state index contributed by atoms with van der Waals surface area (Å²) in [6.45, 7) is 0.156. The second-order valence-electron chi connectivity index (χ2n) is 8.88. The molecule has 0 saturated carbocycles. The van der Waals surface area contributed by atoms with Crippen LogP contribution in [0.25, 0.3) is 22.3 Å². The summed E-state index contributed by atoms with van der Waals surface area (Å²) >= 11 is 2.08. The maximum atomic E-state index is 13.4. The molecule has 0 spiro atoms. The molecule has 5 rings (SSSR count). The zero-order valence-electron chi connectivity index (χ0n) is 21.0. The molecule has 0 aliphatic rings. The minimum absolute atomic E-state index is 0.0331. The van der Waals surface area contributed by atoms with Crippen molar-refractivity contribution in [2.24, 2.45) is 5.10 Å². The Balaban J connectivity index is 1.47. The normalized spacial score (nSPS) is 11.7. The van der Waals surface area contributed by atoms with Gasteiger partial charge in [-0.15, -0.1) is 0 Å². The maximum absolute atomic E-state index is 13.4. The number of benzene rings is 4. The van der Waals surface area contributed by atoms with Gasteiger partial charge in [-0.05, 0) is 88.3 Å². The van der Waals surface area contributed by atoms with Gasteiger partial charge in [0.05, 0.1) is 31.8 Å². The van der Waals surface area contributed by atoms with Crippen molar-refractivity contribution >= 4 is 45.7 Å². The minimum atomic E-state index is -4.57. The number of fused-ring (bicyclic) bond motifs is 1. The summed E-state index contributed by atoms with van der Waals surface area (Å²) in [5.74, 6) is -0.506. The topological polar surface area (TPSA) is 93.8 Å². The SMILES string of the molecule is O=C(O)c1cccc(COc2ccc(C=Nn3c(-c4cccc(C(F)(F)F)c4)nc4ccccc4c3=O)cc2I)c1. The van der Waals surface area contributed by atoms with Gasteiger partial charge >= 0.3 is 12.1 Å². The first-order valence-corrected chi connectivity index (χ1v) is 13.2. The van der Waals surface area contributed by atoms with Gasteiger partial charge in [0.2, 0.25) is 0 Å². The molecular formula is C30H19F3IN3O4. The van der Waals surface area contributed by atoms with E-state index in [0.717, 1.165) is 20.4 Å². The molecule has 0 amide bonds. The lowest BCUT2D eigenvalue weighted by molar-refractivity contribution is -0.137. The molecule has 0 fully saturated rings. The van der Waals surface area contributed by atoms with Crippen LogP contribution >= 0.6 is 22.6 Å². The highest BCUT2D eigenvalue weighted by Crippen LogP contribution is 2.32. The summed E-state index contributed by atoms with van der Waals surface area (Å²) in [5.41, 5.74) is 0.480. The highest BCUT2D eigenvalue weighted by atomic mass is 127. The number of rotatable bonds is 7. The summed E-state index contributed by atoms with van der Waals surface area (Å²) in [6, 6.07) is 22.7. The predicted molar refractivity (Wildman–Crippen MR) is 156 cm³/mol. The summed E-state index contributed by atoms with van der Waals surface area (Å²) in [4.78, 5) is 29.0. The lowest BCUT2D eigenvalue weighted by atomic mass is 10.1. The van der Waals surface area contributed by atoms with Crippen molar-refractivity contribution in [2.75, 3.05) is 0 Å². The lowest BCUT2D eigenvalue weighted by Gasteiger charge is -2.12. The summed E-state index contributed by atoms with van der Waals surface area (Å²) in [7, 11) is 0. The van der Waals surface area contributed by atoms with E-state index in [0.29, 0.717) is 22.4 Å². The number of hydrogen-bond donors (Lipinski definition) is 1. The Hall–Kier alpha value is -4.52. The van der Waals surface area contributed by atoms with Gasteiger partial charge in [-0.2, -0.15) is 22.9 Å². The highest BCUT2D eigenvalue weighted by molar-refractivity contribution is 14.1. The van der Waals surface area contributed by atoms with E-state index in [1.807, 2.05) is 0 Å². The Bertz CT molecular complexity index is 1870. The molecule has 206 valence electrons. The van der Waals surface area contributed by atoms with E-state index in [9.17, 15) is 27.9 Å². The van der Waals surface area contributed by atoms with Gasteiger partial charge in [-0.3, -0.25) is 4.79 Å². The molecule has 0 unspecified atom stereocenters. The lowest BCUT2D eigenvalue weighted by Crippen LogP contribution is -2.20. The van der Waals surface area contributed by atoms with E-state index in [1.54, 1.807) is 54.6 Å². The molecule has 1 N–H and O–H groups in total. The molecule has 5 aromatic rings. The summed E-state index contributed by atoms with van der Waals surface area (Å²) < 4.78 is 47.8. The molecule has 1 heterocycles. The molecule has 0 bridgehead atoms. The Morgan fingerprint density at radius 3 is 2.54 bits per heavy atom. The first-order valence-electron chi connectivity index (χ1n) is 12.1. The maximum Gasteiger partial charge on any atom is 0.416 e. The number of aromatic nitrogens is 2. The second-order valence-corrected chi connectivity index (χ2v) is 10.0. The molecule has 7 nitrogen and oxygen atoms in total. The molecule has 0 aliphatic carbocycles. The number of ether oxygens (including phenoxy) is 1. The van der Waals surface area contributed by atoms with Crippen LogP contribution in [0.3, 0.4) is 0 Å². The molecule has 0 atom stereocenters.